The summed E-state index contributed by atoms with van der Waals surface area (Å²) in [5.74, 6) is 0.616. The highest BCUT2D eigenvalue weighted by Gasteiger charge is 2.20. The zero-order valence-corrected chi connectivity index (χ0v) is 12.9. The molecule has 0 bridgehead atoms. The van der Waals surface area contributed by atoms with E-state index in [0.29, 0.717) is 32.1 Å². The fourth-order valence-corrected chi connectivity index (χ4v) is 3.12. The van der Waals surface area contributed by atoms with Gasteiger partial charge in [0.25, 0.3) is 0 Å². The summed E-state index contributed by atoms with van der Waals surface area (Å²) in [6.45, 7) is 1.94. The molecule has 1 aromatic rings. The predicted molar refractivity (Wildman–Crippen MR) is 78.0 cm³/mol. The number of rotatable bonds is 8. The summed E-state index contributed by atoms with van der Waals surface area (Å²) in [5.41, 5.74) is 0. The molecule has 1 saturated heterocycles. The fourth-order valence-electron chi connectivity index (χ4n) is 2.05. The van der Waals surface area contributed by atoms with Crippen LogP contribution in [0.25, 0.3) is 0 Å². The van der Waals surface area contributed by atoms with Crippen molar-refractivity contribution in [2.24, 2.45) is 0 Å². The van der Waals surface area contributed by atoms with Gasteiger partial charge in [-0.1, -0.05) is 0 Å². The number of methoxy groups -OCH3 is 1. The van der Waals surface area contributed by atoms with Gasteiger partial charge in [-0.3, -0.25) is 0 Å². The molecular weight excluding hydrogens is 294 g/mol. The van der Waals surface area contributed by atoms with Crippen LogP contribution in [0.3, 0.4) is 0 Å². The molecule has 1 unspecified atom stereocenters. The van der Waals surface area contributed by atoms with Crippen LogP contribution in [0.4, 0.5) is 0 Å². The first-order valence-electron chi connectivity index (χ1n) is 6.95. The van der Waals surface area contributed by atoms with Crippen molar-refractivity contribution >= 4 is 10.0 Å². The zero-order chi connectivity index (χ0) is 15.1. The summed E-state index contributed by atoms with van der Waals surface area (Å²) in [6, 6.07) is 6.33. The third-order valence-electron chi connectivity index (χ3n) is 3.22. The Kier molecular flexibility index (Phi) is 5.98. The molecule has 0 amide bonds. The van der Waals surface area contributed by atoms with Crippen molar-refractivity contribution in [1.29, 1.82) is 0 Å². The van der Waals surface area contributed by atoms with Gasteiger partial charge in [0.2, 0.25) is 10.0 Å². The van der Waals surface area contributed by atoms with Gasteiger partial charge >= 0.3 is 0 Å². The summed E-state index contributed by atoms with van der Waals surface area (Å²) in [4.78, 5) is 0.222. The van der Waals surface area contributed by atoms with Crippen LogP contribution in [0, 0.1) is 0 Å². The highest BCUT2D eigenvalue weighted by molar-refractivity contribution is 7.89. The second kappa shape index (κ2) is 7.74. The van der Waals surface area contributed by atoms with Crippen LogP contribution in [-0.2, 0) is 19.5 Å². The second-order valence-electron chi connectivity index (χ2n) is 4.80. The second-order valence-corrected chi connectivity index (χ2v) is 6.57. The third-order valence-corrected chi connectivity index (χ3v) is 4.65. The third kappa shape index (κ3) is 4.96. The Hall–Kier alpha value is -1.15. The topological polar surface area (TPSA) is 73.9 Å². The van der Waals surface area contributed by atoms with Crippen LogP contribution < -0.4 is 9.46 Å². The Labute approximate surface area is 125 Å². The minimum atomic E-state index is -3.50. The minimum absolute atomic E-state index is 0.0172. The van der Waals surface area contributed by atoms with Crippen molar-refractivity contribution in [3.05, 3.63) is 24.3 Å². The molecule has 0 aliphatic carbocycles. The Balaban J connectivity index is 1.89. The van der Waals surface area contributed by atoms with Gasteiger partial charge < -0.3 is 14.2 Å². The SMILES string of the molecule is COCCOc1ccc(S(=O)(=O)NCC2CCCO2)cc1. The van der Waals surface area contributed by atoms with Gasteiger partial charge in [0.05, 0.1) is 17.6 Å². The lowest BCUT2D eigenvalue weighted by Crippen LogP contribution is -2.31. The number of hydrogen-bond donors (Lipinski definition) is 1. The van der Waals surface area contributed by atoms with Gasteiger partial charge in [-0.25, -0.2) is 13.1 Å². The maximum Gasteiger partial charge on any atom is 0.240 e. The molecule has 0 saturated carbocycles. The molecule has 1 atom stereocenters. The Morgan fingerprint density at radius 3 is 2.67 bits per heavy atom. The highest BCUT2D eigenvalue weighted by Crippen LogP contribution is 2.17. The van der Waals surface area contributed by atoms with Crippen molar-refractivity contribution in [1.82, 2.24) is 4.72 Å². The number of sulfonamides is 1. The Morgan fingerprint density at radius 1 is 1.29 bits per heavy atom. The zero-order valence-electron chi connectivity index (χ0n) is 12.1. The van der Waals surface area contributed by atoms with E-state index in [0.717, 1.165) is 12.8 Å². The lowest BCUT2D eigenvalue weighted by atomic mass is 10.2. The van der Waals surface area contributed by atoms with E-state index in [-0.39, 0.29) is 11.0 Å². The van der Waals surface area contributed by atoms with Crippen molar-refractivity contribution in [2.75, 3.05) is 33.5 Å². The molecule has 1 heterocycles. The number of hydrogen-bond acceptors (Lipinski definition) is 5. The van der Waals surface area contributed by atoms with Crippen molar-refractivity contribution < 1.29 is 22.6 Å². The maximum absolute atomic E-state index is 12.1. The molecule has 0 aromatic heterocycles. The molecule has 1 aromatic carbocycles. The molecule has 21 heavy (non-hydrogen) atoms. The normalized spacial score (nSPS) is 18.8. The van der Waals surface area contributed by atoms with E-state index in [1.54, 1.807) is 19.2 Å². The Morgan fingerprint density at radius 2 is 2.05 bits per heavy atom. The highest BCUT2D eigenvalue weighted by atomic mass is 32.2. The van der Waals surface area contributed by atoms with Crippen LogP contribution in [0.1, 0.15) is 12.8 Å². The van der Waals surface area contributed by atoms with E-state index in [4.69, 9.17) is 14.2 Å². The molecule has 0 radical (unpaired) electrons. The first-order valence-corrected chi connectivity index (χ1v) is 8.43. The first-order chi connectivity index (χ1) is 10.1. The van der Waals surface area contributed by atoms with E-state index >= 15 is 0 Å². The lowest BCUT2D eigenvalue weighted by Gasteiger charge is -2.12. The average molecular weight is 315 g/mol. The smallest absolute Gasteiger partial charge is 0.240 e. The standard InChI is InChI=1S/C14H21NO5S/c1-18-9-10-20-12-4-6-14(7-5-12)21(16,17)15-11-13-3-2-8-19-13/h4-7,13,15H,2-3,8-11H2,1H3. The first kappa shape index (κ1) is 16.2. The summed E-state index contributed by atoms with van der Waals surface area (Å²) >= 11 is 0. The van der Waals surface area contributed by atoms with Crippen molar-refractivity contribution in [3.63, 3.8) is 0 Å². The van der Waals surface area contributed by atoms with Gasteiger partial charge in [-0.05, 0) is 37.1 Å². The summed E-state index contributed by atoms with van der Waals surface area (Å²) in [6.07, 6.45) is 1.87. The Bertz CT molecular complexity index is 523. The van der Waals surface area contributed by atoms with Crippen LogP contribution in [-0.4, -0.2) is 48.0 Å². The molecule has 1 N–H and O–H groups in total. The van der Waals surface area contributed by atoms with E-state index in [1.165, 1.54) is 12.1 Å². The van der Waals surface area contributed by atoms with E-state index < -0.39 is 10.0 Å². The predicted octanol–water partition coefficient (Wildman–Crippen LogP) is 1.17. The van der Waals surface area contributed by atoms with Crippen molar-refractivity contribution in [2.45, 2.75) is 23.8 Å². The molecule has 2 rings (SSSR count). The van der Waals surface area contributed by atoms with Crippen LogP contribution in [0.5, 0.6) is 5.75 Å². The van der Waals surface area contributed by atoms with Crippen molar-refractivity contribution in [3.8, 4) is 5.75 Å². The van der Waals surface area contributed by atoms with E-state index in [9.17, 15) is 8.42 Å². The average Bonchev–Trinajstić information content (AvgIpc) is 3.00. The van der Waals surface area contributed by atoms with Gasteiger partial charge in [0.15, 0.2) is 0 Å². The van der Waals surface area contributed by atoms with E-state index in [1.807, 2.05) is 0 Å². The van der Waals surface area contributed by atoms with Gasteiger partial charge in [0.1, 0.15) is 12.4 Å². The molecule has 118 valence electrons. The lowest BCUT2D eigenvalue weighted by molar-refractivity contribution is 0.114. The number of benzene rings is 1. The largest absolute Gasteiger partial charge is 0.491 e. The molecule has 0 spiro atoms. The van der Waals surface area contributed by atoms with Crippen LogP contribution >= 0.6 is 0 Å². The molecule has 7 heteroatoms. The van der Waals surface area contributed by atoms with Gasteiger partial charge in [-0.2, -0.15) is 0 Å². The summed E-state index contributed by atoms with van der Waals surface area (Å²) < 4.78 is 42.5. The number of ether oxygens (including phenoxy) is 3. The maximum atomic E-state index is 12.1. The van der Waals surface area contributed by atoms with Crippen LogP contribution in [0.15, 0.2) is 29.2 Å². The molecule has 1 aliphatic heterocycles. The molecular formula is C14H21NO5S. The molecule has 1 fully saturated rings. The summed E-state index contributed by atoms with van der Waals surface area (Å²) in [5, 5.41) is 0. The monoisotopic (exact) mass is 315 g/mol. The van der Waals surface area contributed by atoms with Gasteiger partial charge in [-0.15, -0.1) is 0 Å². The molecule has 6 nitrogen and oxygen atoms in total. The minimum Gasteiger partial charge on any atom is -0.491 e. The fraction of sp³-hybridized carbons (Fsp3) is 0.571. The number of nitrogens with one attached hydrogen (secondary N) is 1. The van der Waals surface area contributed by atoms with Crippen LogP contribution in [0.2, 0.25) is 0 Å². The van der Waals surface area contributed by atoms with Gasteiger partial charge in [0, 0.05) is 20.3 Å². The quantitative estimate of drug-likeness (QED) is 0.729. The van der Waals surface area contributed by atoms with E-state index in [2.05, 4.69) is 4.72 Å². The molecule has 1 aliphatic rings. The summed E-state index contributed by atoms with van der Waals surface area (Å²) in [7, 11) is -1.90.